The molecule has 0 aliphatic heterocycles. The van der Waals surface area contributed by atoms with Crippen molar-refractivity contribution < 1.29 is 4.74 Å². The van der Waals surface area contributed by atoms with Gasteiger partial charge in [-0.15, -0.1) is 0 Å². The fourth-order valence-electron chi connectivity index (χ4n) is 2.06. The molecule has 0 heterocycles. The molecule has 3 heteroatoms. The number of hydrogen-bond donors (Lipinski definition) is 1. The van der Waals surface area contributed by atoms with Crippen LogP contribution in [0.2, 0.25) is 5.02 Å². The van der Waals surface area contributed by atoms with E-state index in [1.807, 2.05) is 30.3 Å². The average molecular weight is 290 g/mol. The highest BCUT2D eigenvalue weighted by atomic mass is 35.5. The minimum absolute atomic E-state index is 0.361. The van der Waals surface area contributed by atoms with Crippen molar-refractivity contribution in [3.05, 3.63) is 58.6 Å². The molecule has 0 bridgehead atoms. The zero-order valence-corrected chi connectivity index (χ0v) is 12.7. The number of halogens is 1. The molecule has 2 rings (SSSR count). The van der Waals surface area contributed by atoms with Crippen LogP contribution in [0, 0.1) is 0 Å². The molecule has 2 nitrogen and oxygen atoms in total. The molecule has 2 N–H and O–H groups in total. The quantitative estimate of drug-likeness (QED) is 0.830. The summed E-state index contributed by atoms with van der Waals surface area (Å²) < 4.78 is 5.89. The van der Waals surface area contributed by atoms with Crippen molar-refractivity contribution in [1.82, 2.24) is 0 Å². The molecule has 0 aliphatic carbocycles. The van der Waals surface area contributed by atoms with E-state index in [0.29, 0.717) is 17.5 Å². The third-order valence-corrected chi connectivity index (χ3v) is 3.92. The molecule has 0 amide bonds. The lowest BCUT2D eigenvalue weighted by atomic mass is 9.99. The lowest BCUT2D eigenvalue weighted by Crippen LogP contribution is -2.00. The molecular formula is C17H20ClNO. The summed E-state index contributed by atoms with van der Waals surface area (Å²) in [5.74, 6) is 2.08. The lowest BCUT2D eigenvalue weighted by molar-refractivity contribution is 0.476. The van der Waals surface area contributed by atoms with Crippen LogP contribution in [-0.2, 0) is 6.54 Å². The molecule has 2 aromatic rings. The minimum atomic E-state index is 0.361. The zero-order valence-electron chi connectivity index (χ0n) is 11.9. The SMILES string of the molecule is CCC(C)c1ccc(Oc2cccc(Cl)c2CN)cc1. The Hall–Kier alpha value is -1.51. The van der Waals surface area contributed by atoms with Crippen LogP contribution < -0.4 is 10.5 Å². The van der Waals surface area contributed by atoms with Crippen molar-refractivity contribution in [2.45, 2.75) is 32.7 Å². The molecule has 2 aromatic carbocycles. The molecule has 0 fully saturated rings. The van der Waals surface area contributed by atoms with E-state index in [4.69, 9.17) is 22.1 Å². The molecule has 0 aliphatic rings. The summed E-state index contributed by atoms with van der Waals surface area (Å²) >= 11 is 6.12. The van der Waals surface area contributed by atoms with E-state index in [1.165, 1.54) is 5.56 Å². The second-order valence-electron chi connectivity index (χ2n) is 4.90. The fourth-order valence-corrected chi connectivity index (χ4v) is 2.30. The Balaban J connectivity index is 2.20. The lowest BCUT2D eigenvalue weighted by Gasteiger charge is -2.13. The summed E-state index contributed by atoms with van der Waals surface area (Å²) in [4.78, 5) is 0. The molecule has 0 spiro atoms. The first-order valence-electron chi connectivity index (χ1n) is 6.91. The minimum Gasteiger partial charge on any atom is -0.457 e. The van der Waals surface area contributed by atoms with Crippen molar-refractivity contribution in [2.24, 2.45) is 5.73 Å². The van der Waals surface area contributed by atoms with Gasteiger partial charge in [-0.3, -0.25) is 0 Å². The monoisotopic (exact) mass is 289 g/mol. The van der Waals surface area contributed by atoms with Crippen molar-refractivity contribution >= 4 is 11.6 Å². The van der Waals surface area contributed by atoms with Crippen molar-refractivity contribution in [2.75, 3.05) is 0 Å². The molecule has 106 valence electrons. The van der Waals surface area contributed by atoms with Crippen LogP contribution in [0.3, 0.4) is 0 Å². The second-order valence-corrected chi connectivity index (χ2v) is 5.31. The van der Waals surface area contributed by atoms with Crippen LogP contribution in [0.1, 0.15) is 37.3 Å². The predicted octanol–water partition coefficient (Wildman–Crippen LogP) is 5.10. The molecule has 0 radical (unpaired) electrons. The summed E-state index contributed by atoms with van der Waals surface area (Å²) in [6.07, 6.45) is 1.13. The van der Waals surface area contributed by atoms with Gasteiger partial charge in [0.1, 0.15) is 11.5 Å². The number of benzene rings is 2. The molecular weight excluding hydrogens is 270 g/mol. The van der Waals surface area contributed by atoms with Gasteiger partial charge in [0, 0.05) is 17.1 Å². The van der Waals surface area contributed by atoms with Gasteiger partial charge in [-0.1, -0.05) is 43.6 Å². The summed E-state index contributed by atoms with van der Waals surface area (Å²) in [5, 5.41) is 0.640. The van der Waals surface area contributed by atoms with Gasteiger partial charge in [0.25, 0.3) is 0 Å². The van der Waals surface area contributed by atoms with E-state index in [-0.39, 0.29) is 0 Å². The molecule has 1 unspecified atom stereocenters. The maximum Gasteiger partial charge on any atom is 0.133 e. The van der Waals surface area contributed by atoms with Gasteiger partial charge < -0.3 is 10.5 Å². The largest absolute Gasteiger partial charge is 0.457 e. The van der Waals surface area contributed by atoms with Gasteiger partial charge >= 0.3 is 0 Å². The fraction of sp³-hybridized carbons (Fsp3) is 0.294. The number of rotatable bonds is 5. The Kier molecular flexibility index (Phi) is 5.05. The number of ether oxygens (including phenoxy) is 1. The van der Waals surface area contributed by atoms with E-state index in [0.717, 1.165) is 23.5 Å². The number of hydrogen-bond acceptors (Lipinski definition) is 2. The molecule has 0 saturated heterocycles. The molecule has 1 atom stereocenters. The predicted molar refractivity (Wildman–Crippen MR) is 84.6 cm³/mol. The smallest absolute Gasteiger partial charge is 0.133 e. The summed E-state index contributed by atoms with van der Waals surface area (Å²) in [6, 6.07) is 13.8. The highest BCUT2D eigenvalue weighted by Gasteiger charge is 2.08. The Bertz CT molecular complexity index is 566. The first-order valence-corrected chi connectivity index (χ1v) is 7.28. The van der Waals surface area contributed by atoms with Crippen molar-refractivity contribution in [3.8, 4) is 11.5 Å². The number of nitrogens with two attached hydrogens (primary N) is 1. The maximum atomic E-state index is 6.12. The van der Waals surface area contributed by atoms with Crippen LogP contribution in [0.15, 0.2) is 42.5 Å². The van der Waals surface area contributed by atoms with Gasteiger partial charge in [-0.05, 0) is 42.2 Å². The van der Waals surface area contributed by atoms with Crippen LogP contribution in [-0.4, -0.2) is 0 Å². The Labute approximate surface area is 125 Å². The van der Waals surface area contributed by atoms with Gasteiger partial charge in [-0.25, -0.2) is 0 Å². The van der Waals surface area contributed by atoms with E-state index in [9.17, 15) is 0 Å². The Morgan fingerprint density at radius 3 is 2.45 bits per heavy atom. The van der Waals surface area contributed by atoms with Crippen LogP contribution in [0.5, 0.6) is 11.5 Å². The summed E-state index contributed by atoms with van der Waals surface area (Å²) in [5.41, 5.74) is 7.88. The van der Waals surface area contributed by atoms with E-state index in [2.05, 4.69) is 26.0 Å². The van der Waals surface area contributed by atoms with E-state index < -0.39 is 0 Å². The normalized spacial score (nSPS) is 12.2. The topological polar surface area (TPSA) is 35.2 Å². The maximum absolute atomic E-state index is 6.12. The third kappa shape index (κ3) is 3.33. The summed E-state index contributed by atoms with van der Waals surface area (Å²) in [7, 11) is 0. The second kappa shape index (κ2) is 6.78. The van der Waals surface area contributed by atoms with E-state index in [1.54, 1.807) is 0 Å². The summed E-state index contributed by atoms with van der Waals surface area (Å²) in [6.45, 7) is 4.77. The Morgan fingerprint density at radius 1 is 1.15 bits per heavy atom. The van der Waals surface area contributed by atoms with Crippen molar-refractivity contribution in [1.29, 1.82) is 0 Å². The van der Waals surface area contributed by atoms with Gasteiger partial charge in [0.05, 0.1) is 0 Å². The molecule has 0 aromatic heterocycles. The first-order chi connectivity index (χ1) is 9.65. The van der Waals surface area contributed by atoms with Gasteiger partial charge in [0.15, 0.2) is 0 Å². The van der Waals surface area contributed by atoms with Crippen molar-refractivity contribution in [3.63, 3.8) is 0 Å². The highest BCUT2D eigenvalue weighted by Crippen LogP contribution is 2.31. The zero-order chi connectivity index (χ0) is 14.5. The van der Waals surface area contributed by atoms with Gasteiger partial charge in [-0.2, -0.15) is 0 Å². The van der Waals surface area contributed by atoms with Gasteiger partial charge in [0.2, 0.25) is 0 Å². The van der Waals surface area contributed by atoms with Crippen LogP contribution in [0.25, 0.3) is 0 Å². The third-order valence-electron chi connectivity index (χ3n) is 3.57. The molecule has 20 heavy (non-hydrogen) atoms. The van der Waals surface area contributed by atoms with E-state index >= 15 is 0 Å². The van der Waals surface area contributed by atoms with Crippen LogP contribution >= 0.6 is 11.6 Å². The highest BCUT2D eigenvalue weighted by molar-refractivity contribution is 6.31. The molecule has 0 saturated carbocycles. The van der Waals surface area contributed by atoms with Crippen LogP contribution in [0.4, 0.5) is 0 Å². The first kappa shape index (κ1) is 14.9. The average Bonchev–Trinajstić information content (AvgIpc) is 2.47. The standard InChI is InChI=1S/C17H20ClNO/c1-3-12(2)13-7-9-14(10-8-13)20-17-6-4-5-16(18)15(17)11-19/h4-10,12H,3,11,19H2,1-2H3. The Morgan fingerprint density at radius 2 is 1.85 bits per heavy atom.